The lowest BCUT2D eigenvalue weighted by molar-refractivity contribution is 0.448. The number of halogens is 1. The van der Waals surface area contributed by atoms with Crippen LogP contribution in [-0.2, 0) is 15.8 Å². The quantitative estimate of drug-likeness (QED) is 0.860. The van der Waals surface area contributed by atoms with E-state index in [4.69, 9.17) is 9.66 Å². The van der Waals surface area contributed by atoms with E-state index in [-0.39, 0.29) is 18.2 Å². The average Bonchev–Trinajstić information content (AvgIpc) is 2.47. The molecule has 2 aromatic rings. The smallest absolute Gasteiger partial charge is 0.214 e. The van der Waals surface area contributed by atoms with Gasteiger partial charge >= 0.3 is 0 Å². The number of sulfonamides is 1. The standard InChI is InChI=1S/C8H8N2O3S.ClH/c9-14(11,12)5-7-6-3-1-2-4-8(6)13-10-7;/h1-4H,5H2,(H2,9,11,12);1H. The van der Waals surface area contributed by atoms with E-state index >= 15 is 0 Å². The Hall–Kier alpha value is -1.11. The summed E-state index contributed by atoms with van der Waals surface area (Å²) in [5.41, 5.74) is 0.911. The van der Waals surface area contributed by atoms with Crippen molar-refractivity contribution in [1.29, 1.82) is 0 Å². The molecule has 0 aliphatic heterocycles. The molecule has 5 nitrogen and oxygen atoms in total. The lowest BCUT2D eigenvalue weighted by atomic mass is 10.2. The molecule has 7 heteroatoms. The lowest BCUT2D eigenvalue weighted by Gasteiger charge is -1.92. The predicted octanol–water partition coefficient (Wildman–Crippen LogP) is 1.04. The summed E-state index contributed by atoms with van der Waals surface area (Å²) in [6.07, 6.45) is 0. The van der Waals surface area contributed by atoms with Gasteiger partial charge in [-0.15, -0.1) is 12.4 Å². The maximum Gasteiger partial charge on any atom is 0.214 e. The number of para-hydroxylation sites is 1. The van der Waals surface area contributed by atoms with Crippen LogP contribution in [0.15, 0.2) is 28.8 Å². The summed E-state index contributed by atoms with van der Waals surface area (Å²) in [5.74, 6) is -0.302. The Morgan fingerprint density at radius 2 is 2.00 bits per heavy atom. The summed E-state index contributed by atoms with van der Waals surface area (Å²) in [5, 5.41) is 9.24. The molecular formula is C8H9ClN2O3S. The Morgan fingerprint density at radius 1 is 1.33 bits per heavy atom. The van der Waals surface area contributed by atoms with Crippen LogP contribution in [0.25, 0.3) is 11.0 Å². The van der Waals surface area contributed by atoms with Crippen molar-refractivity contribution in [2.24, 2.45) is 5.14 Å². The van der Waals surface area contributed by atoms with Crippen LogP contribution in [0.2, 0.25) is 0 Å². The first kappa shape index (κ1) is 12.0. The molecule has 0 atom stereocenters. The van der Waals surface area contributed by atoms with Crippen molar-refractivity contribution >= 4 is 33.4 Å². The number of rotatable bonds is 2. The summed E-state index contributed by atoms with van der Waals surface area (Å²) < 4.78 is 26.6. The first-order valence-electron chi connectivity index (χ1n) is 3.90. The fourth-order valence-corrected chi connectivity index (χ4v) is 1.82. The minimum Gasteiger partial charge on any atom is -0.356 e. The van der Waals surface area contributed by atoms with Crippen LogP contribution in [-0.4, -0.2) is 13.6 Å². The highest BCUT2D eigenvalue weighted by molar-refractivity contribution is 7.88. The number of nitrogens with zero attached hydrogens (tertiary/aromatic N) is 1. The van der Waals surface area contributed by atoms with Crippen molar-refractivity contribution in [3.63, 3.8) is 0 Å². The molecule has 1 aromatic heterocycles. The Balaban J connectivity index is 0.00000112. The largest absolute Gasteiger partial charge is 0.356 e. The second-order valence-corrected chi connectivity index (χ2v) is 4.55. The summed E-state index contributed by atoms with van der Waals surface area (Å²) in [7, 11) is -3.56. The van der Waals surface area contributed by atoms with Gasteiger partial charge in [0.2, 0.25) is 10.0 Å². The zero-order chi connectivity index (χ0) is 10.2. The van der Waals surface area contributed by atoms with Crippen LogP contribution in [0.3, 0.4) is 0 Å². The molecule has 0 radical (unpaired) electrons. The van der Waals surface area contributed by atoms with Crippen molar-refractivity contribution in [2.45, 2.75) is 5.75 Å². The Morgan fingerprint density at radius 3 is 2.67 bits per heavy atom. The van der Waals surface area contributed by atoms with Gasteiger partial charge in [-0.2, -0.15) is 0 Å². The number of primary sulfonamides is 1. The summed E-state index contributed by atoms with van der Waals surface area (Å²) >= 11 is 0. The van der Waals surface area contributed by atoms with E-state index < -0.39 is 10.0 Å². The molecule has 0 amide bonds. The molecule has 0 aliphatic rings. The van der Waals surface area contributed by atoms with Crippen LogP contribution in [0.4, 0.5) is 0 Å². The van der Waals surface area contributed by atoms with Gasteiger partial charge in [0.1, 0.15) is 11.4 Å². The molecule has 0 unspecified atom stereocenters. The van der Waals surface area contributed by atoms with Gasteiger partial charge in [-0.05, 0) is 12.1 Å². The number of fused-ring (bicyclic) bond motifs is 1. The summed E-state index contributed by atoms with van der Waals surface area (Å²) in [6.45, 7) is 0. The van der Waals surface area contributed by atoms with Crippen molar-refractivity contribution in [3.05, 3.63) is 30.0 Å². The molecular weight excluding hydrogens is 240 g/mol. The van der Waals surface area contributed by atoms with Gasteiger partial charge in [-0.1, -0.05) is 17.3 Å². The topological polar surface area (TPSA) is 86.2 Å². The monoisotopic (exact) mass is 248 g/mol. The fourth-order valence-electron chi connectivity index (χ4n) is 1.23. The Labute approximate surface area is 92.7 Å². The molecule has 2 N–H and O–H groups in total. The van der Waals surface area contributed by atoms with Crippen LogP contribution in [0.5, 0.6) is 0 Å². The molecule has 1 aromatic carbocycles. The SMILES string of the molecule is Cl.NS(=O)(=O)Cc1noc2ccccc12. The molecule has 1 heterocycles. The third-order valence-corrected chi connectivity index (χ3v) is 2.47. The van der Waals surface area contributed by atoms with Gasteiger partial charge < -0.3 is 4.52 Å². The maximum atomic E-state index is 10.8. The summed E-state index contributed by atoms with van der Waals surface area (Å²) in [6, 6.07) is 7.03. The molecule has 82 valence electrons. The van der Waals surface area contributed by atoms with E-state index in [2.05, 4.69) is 5.16 Å². The zero-order valence-corrected chi connectivity index (χ0v) is 9.22. The van der Waals surface area contributed by atoms with E-state index in [1.54, 1.807) is 24.3 Å². The Kier molecular flexibility index (Phi) is 3.33. The lowest BCUT2D eigenvalue weighted by Crippen LogP contribution is -2.14. The normalized spacial score (nSPS) is 11.3. The average molecular weight is 249 g/mol. The van der Waals surface area contributed by atoms with Crippen LogP contribution in [0, 0.1) is 0 Å². The second kappa shape index (κ2) is 4.18. The van der Waals surface area contributed by atoms with Gasteiger partial charge in [0, 0.05) is 5.39 Å². The van der Waals surface area contributed by atoms with Crippen LogP contribution in [0.1, 0.15) is 5.69 Å². The molecule has 0 fully saturated rings. The third-order valence-electron chi connectivity index (χ3n) is 1.79. The number of hydrogen-bond acceptors (Lipinski definition) is 4. The first-order chi connectivity index (χ1) is 6.56. The second-order valence-electron chi connectivity index (χ2n) is 2.93. The van der Waals surface area contributed by atoms with Crippen LogP contribution < -0.4 is 5.14 Å². The predicted molar refractivity (Wildman–Crippen MR) is 58.1 cm³/mol. The number of aromatic nitrogens is 1. The minimum atomic E-state index is -3.56. The van der Waals surface area contributed by atoms with Gasteiger partial charge in [-0.25, -0.2) is 13.6 Å². The van der Waals surface area contributed by atoms with Gasteiger partial charge in [0.05, 0.1) is 0 Å². The van der Waals surface area contributed by atoms with Gasteiger partial charge in [-0.3, -0.25) is 0 Å². The molecule has 0 saturated carbocycles. The minimum absolute atomic E-state index is 0. The van der Waals surface area contributed by atoms with E-state index in [9.17, 15) is 8.42 Å². The van der Waals surface area contributed by atoms with E-state index in [1.165, 1.54) is 0 Å². The molecule has 0 saturated heterocycles. The van der Waals surface area contributed by atoms with Crippen LogP contribution >= 0.6 is 12.4 Å². The van der Waals surface area contributed by atoms with Crippen molar-refractivity contribution < 1.29 is 12.9 Å². The molecule has 0 aliphatic carbocycles. The highest BCUT2D eigenvalue weighted by Crippen LogP contribution is 2.18. The number of benzene rings is 1. The maximum absolute atomic E-state index is 10.8. The Bertz CT molecular complexity index is 564. The number of hydrogen-bond donors (Lipinski definition) is 1. The molecule has 0 spiro atoms. The van der Waals surface area contributed by atoms with Gasteiger partial charge in [0.15, 0.2) is 5.58 Å². The zero-order valence-electron chi connectivity index (χ0n) is 7.58. The molecule has 0 bridgehead atoms. The van der Waals surface area contributed by atoms with E-state index in [0.717, 1.165) is 0 Å². The highest BCUT2D eigenvalue weighted by atomic mass is 35.5. The molecule has 15 heavy (non-hydrogen) atoms. The van der Waals surface area contributed by atoms with Crippen molar-refractivity contribution in [3.8, 4) is 0 Å². The van der Waals surface area contributed by atoms with E-state index in [1.807, 2.05) is 0 Å². The van der Waals surface area contributed by atoms with E-state index in [0.29, 0.717) is 16.7 Å². The highest BCUT2D eigenvalue weighted by Gasteiger charge is 2.12. The van der Waals surface area contributed by atoms with Gasteiger partial charge in [0.25, 0.3) is 0 Å². The first-order valence-corrected chi connectivity index (χ1v) is 5.61. The molecule has 2 rings (SSSR count). The third kappa shape index (κ3) is 2.68. The van der Waals surface area contributed by atoms with Crippen molar-refractivity contribution in [1.82, 2.24) is 5.16 Å². The number of nitrogens with two attached hydrogens (primary N) is 1. The van der Waals surface area contributed by atoms with Crippen molar-refractivity contribution in [2.75, 3.05) is 0 Å². The fraction of sp³-hybridized carbons (Fsp3) is 0.125. The summed E-state index contributed by atoms with van der Waals surface area (Å²) in [4.78, 5) is 0.